The van der Waals surface area contributed by atoms with Gasteiger partial charge in [0.05, 0.1) is 19.3 Å². The van der Waals surface area contributed by atoms with Gasteiger partial charge in [0.2, 0.25) is 0 Å². The maximum Gasteiger partial charge on any atom is 0.0662 e. The summed E-state index contributed by atoms with van der Waals surface area (Å²) in [5.41, 5.74) is 7.01. The van der Waals surface area contributed by atoms with Crippen molar-refractivity contribution >= 4 is 0 Å². The predicted octanol–water partition coefficient (Wildman–Crippen LogP) is 2.97. The van der Waals surface area contributed by atoms with E-state index >= 15 is 0 Å². The lowest BCUT2D eigenvalue weighted by atomic mass is 9.89. The highest BCUT2D eigenvalue weighted by Gasteiger charge is 2.23. The van der Waals surface area contributed by atoms with Crippen LogP contribution in [0.2, 0.25) is 0 Å². The van der Waals surface area contributed by atoms with E-state index in [0.29, 0.717) is 12.1 Å². The summed E-state index contributed by atoms with van der Waals surface area (Å²) >= 11 is 0. The first kappa shape index (κ1) is 12.6. The maximum atomic E-state index is 5.68. The molecular weight excluding hydrogens is 210 g/mol. The van der Waals surface area contributed by atoms with Crippen molar-refractivity contribution < 1.29 is 4.74 Å². The second-order valence-corrected chi connectivity index (χ2v) is 5.33. The highest BCUT2D eigenvalue weighted by molar-refractivity contribution is 5.45. The fourth-order valence-corrected chi connectivity index (χ4v) is 2.74. The molecule has 2 rings (SSSR count). The molecule has 0 aromatic heterocycles. The van der Waals surface area contributed by atoms with Gasteiger partial charge in [0, 0.05) is 6.04 Å². The first-order valence-electron chi connectivity index (χ1n) is 6.41. The molecule has 1 aromatic carbocycles. The number of aryl methyl sites for hydroxylation is 2. The molecule has 2 unspecified atom stereocenters. The molecule has 94 valence electrons. The first-order chi connectivity index (χ1) is 8.00. The molecule has 0 spiro atoms. The summed E-state index contributed by atoms with van der Waals surface area (Å²) in [6, 6.07) is 3.06. The Morgan fingerprint density at radius 1 is 1.06 bits per heavy atom. The molecule has 1 heterocycles. The summed E-state index contributed by atoms with van der Waals surface area (Å²) in [5.74, 6) is 0. The largest absolute Gasteiger partial charge is 0.378 e. The molecule has 0 bridgehead atoms. The Balaban J connectivity index is 2.43. The van der Waals surface area contributed by atoms with E-state index in [9.17, 15) is 0 Å². The molecule has 0 saturated carbocycles. The van der Waals surface area contributed by atoms with Crippen molar-refractivity contribution in [3.05, 3.63) is 33.9 Å². The van der Waals surface area contributed by atoms with E-state index in [1.165, 1.54) is 27.8 Å². The van der Waals surface area contributed by atoms with E-state index in [1.54, 1.807) is 0 Å². The Bertz CT molecular complexity index is 399. The minimum atomic E-state index is 0.345. The number of rotatable bonds is 1. The van der Waals surface area contributed by atoms with Crippen LogP contribution in [-0.2, 0) is 4.74 Å². The molecule has 17 heavy (non-hydrogen) atoms. The summed E-state index contributed by atoms with van der Waals surface area (Å²) in [5, 5.41) is 3.64. The third kappa shape index (κ3) is 2.38. The lowest BCUT2D eigenvalue weighted by Crippen LogP contribution is -2.42. The van der Waals surface area contributed by atoms with E-state index in [1.807, 2.05) is 0 Å². The Morgan fingerprint density at radius 2 is 1.65 bits per heavy atom. The lowest BCUT2D eigenvalue weighted by Gasteiger charge is -2.32. The summed E-state index contributed by atoms with van der Waals surface area (Å²) in [6.07, 6.45) is 0. The van der Waals surface area contributed by atoms with Crippen molar-refractivity contribution in [1.29, 1.82) is 0 Å². The van der Waals surface area contributed by atoms with Gasteiger partial charge in [-0.1, -0.05) is 6.07 Å². The molecule has 2 nitrogen and oxygen atoms in total. The molecule has 0 radical (unpaired) electrons. The van der Waals surface area contributed by atoms with Crippen LogP contribution in [0.3, 0.4) is 0 Å². The van der Waals surface area contributed by atoms with Crippen molar-refractivity contribution in [1.82, 2.24) is 5.32 Å². The average Bonchev–Trinajstić information content (AvgIpc) is 2.27. The van der Waals surface area contributed by atoms with Gasteiger partial charge in [0.1, 0.15) is 0 Å². The molecule has 0 aliphatic carbocycles. The quantitative estimate of drug-likeness (QED) is 0.805. The fraction of sp³-hybridized carbons (Fsp3) is 0.600. The van der Waals surface area contributed by atoms with E-state index in [4.69, 9.17) is 4.74 Å². The monoisotopic (exact) mass is 233 g/mol. The second kappa shape index (κ2) is 4.79. The predicted molar refractivity (Wildman–Crippen MR) is 71.5 cm³/mol. The molecule has 0 amide bonds. The molecule has 1 aliphatic heterocycles. The topological polar surface area (TPSA) is 21.3 Å². The van der Waals surface area contributed by atoms with Crippen LogP contribution in [0.15, 0.2) is 6.07 Å². The van der Waals surface area contributed by atoms with E-state index < -0.39 is 0 Å². The van der Waals surface area contributed by atoms with Crippen LogP contribution in [0.25, 0.3) is 0 Å². The van der Waals surface area contributed by atoms with E-state index in [2.05, 4.69) is 46.0 Å². The molecule has 1 fully saturated rings. The van der Waals surface area contributed by atoms with Crippen LogP contribution in [0.5, 0.6) is 0 Å². The summed E-state index contributed by atoms with van der Waals surface area (Å²) in [7, 11) is 0. The summed E-state index contributed by atoms with van der Waals surface area (Å²) < 4.78 is 5.68. The first-order valence-corrected chi connectivity index (χ1v) is 6.41. The number of nitrogens with one attached hydrogen (secondary N) is 1. The van der Waals surface area contributed by atoms with Crippen LogP contribution >= 0.6 is 0 Å². The molecule has 2 atom stereocenters. The van der Waals surface area contributed by atoms with Gasteiger partial charge in [-0.15, -0.1) is 0 Å². The second-order valence-electron chi connectivity index (χ2n) is 5.33. The molecule has 1 aromatic rings. The molecular formula is C15H23NO. The van der Waals surface area contributed by atoms with Gasteiger partial charge in [-0.25, -0.2) is 0 Å². The number of hydrogen-bond donors (Lipinski definition) is 1. The third-order valence-corrected chi connectivity index (χ3v) is 3.91. The van der Waals surface area contributed by atoms with Crippen LogP contribution in [-0.4, -0.2) is 19.3 Å². The molecule has 1 N–H and O–H groups in total. The minimum Gasteiger partial charge on any atom is -0.378 e. The Labute approximate surface area is 104 Å². The van der Waals surface area contributed by atoms with Gasteiger partial charge in [-0.3, -0.25) is 0 Å². The van der Waals surface area contributed by atoms with Crippen molar-refractivity contribution in [2.75, 3.05) is 13.2 Å². The normalized spacial score (nSPS) is 25.0. The zero-order valence-electron chi connectivity index (χ0n) is 11.6. The van der Waals surface area contributed by atoms with Crippen LogP contribution in [0.1, 0.15) is 40.8 Å². The van der Waals surface area contributed by atoms with Gasteiger partial charge >= 0.3 is 0 Å². The maximum absolute atomic E-state index is 5.68. The van der Waals surface area contributed by atoms with E-state index in [0.717, 1.165) is 13.2 Å². The standard InChI is InChI=1S/C15H23NO/c1-9-6-10(2)13(5)15(12(9)4)14-8-17-7-11(3)16-14/h6,11,14,16H,7-8H2,1-5H3. The zero-order chi connectivity index (χ0) is 12.6. The SMILES string of the molecule is Cc1cc(C)c(C)c(C2COCC(C)N2)c1C. The van der Waals surface area contributed by atoms with Crippen LogP contribution in [0, 0.1) is 27.7 Å². The van der Waals surface area contributed by atoms with E-state index in [-0.39, 0.29) is 0 Å². The summed E-state index contributed by atoms with van der Waals surface area (Å²) in [4.78, 5) is 0. The van der Waals surface area contributed by atoms with Crippen molar-refractivity contribution in [2.45, 2.75) is 46.7 Å². The fourth-order valence-electron chi connectivity index (χ4n) is 2.74. The zero-order valence-corrected chi connectivity index (χ0v) is 11.6. The number of ether oxygens (including phenoxy) is 1. The average molecular weight is 233 g/mol. The van der Waals surface area contributed by atoms with Gasteiger partial charge in [-0.2, -0.15) is 0 Å². The van der Waals surface area contributed by atoms with Gasteiger partial charge < -0.3 is 10.1 Å². The van der Waals surface area contributed by atoms with Crippen molar-refractivity contribution in [3.63, 3.8) is 0 Å². The van der Waals surface area contributed by atoms with Crippen LogP contribution < -0.4 is 5.32 Å². The third-order valence-electron chi connectivity index (χ3n) is 3.91. The molecule has 1 saturated heterocycles. The highest BCUT2D eigenvalue weighted by Crippen LogP contribution is 2.29. The van der Waals surface area contributed by atoms with Gasteiger partial charge in [0.15, 0.2) is 0 Å². The van der Waals surface area contributed by atoms with Gasteiger partial charge in [0.25, 0.3) is 0 Å². The Hall–Kier alpha value is -0.860. The number of benzene rings is 1. The summed E-state index contributed by atoms with van der Waals surface area (Å²) in [6.45, 7) is 12.6. The lowest BCUT2D eigenvalue weighted by molar-refractivity contribution is 0.0500. The molecule has 1 aliphatic rings. The smallest absolute Gasteiger partial charge is 0.0662 e. The Kier molecular flexibility index (Phi) is 3.55. The number of hydrogen-bond acceptors (Lipinski definition) is 2. The highest BCUT2D eigenvalue weighted by atomic mass is 16.5. The minimum absolute atomic E-state index is 0.345. The van der Waals surface area contributed by atoms with Gasteiger partial charge in [-0.05, 0) is 62.4 Å². The van der Waals surface area contributed by atoms with Crippen molar-refractivity contribution in [2.24, 2.45) is 0 Å². The Morgan fingerprint density at radius 3 is 2.18 bits per heavy atom. The molecule has 2 heteroatoms. The van der Waals surface area contributed by atoms with Crippen molar-refractivity contribution in [3.8, 4) is 0 Å². The van der Waals surface area contributed by atoms with Crippen LogP contribution in [0.4, 0.5) is 0 Å². The number of morpholine rings is 1.